The van der Waals surface area contributed by atoms with Gasteiger partial charge in [-0.15, -0.1) is 0 Å². The molecule has 4 heteroatoms. The van der Waals surface area contributed by atoms with E-state index in [0.29, 0.717) is 5.57 Å². The lowest BCUT2D eigenvalue weighted by molar-refractivity contribution is -0.401. The summed E-state index contributed by atoms with van der Waals surface area (Å²) in [5, 5.41) is 16.6. The van der Waals surface area contributed by atoms with Crippen LogP contribution in [0.2, 0.25) is 0 Å². The smallest absolute Gasteiger partial charge is 0.210 e. The lowest BCUT2D eigenvalue weighted by atomic mass is 9.76. The number of Topliss-reactive ketones (excluding diaryl/α,β-unsaturated/α-hetero) is 1. The topological polar surface area (TPSA) is 48.1 Å². The van der Waals surface area contributed by atoms with E-state index in [1.807, 2.05) is 61.3 Å². The Morgan fingerprint density at radius 2 is 1.67 bits per heavy atom. The summed E-state index contributed by atoms with van der Waals surface area (Å²) >= 11 is 0. The maximum absolute atomic E-state index is 13.2. The fourth-order valence-corrected chi connectivity index (χ4v) is 5.62. The van der Waals surface area contributed by atoms with Crippen LogP contribution in [0.1, 0.15) is 25.0 Å². The van der Waals surface area contributed by atoms with Gasteiger partial charge in [-0.2, -0.15) is 4.58 Å². The predicted octanol–water partition coefficient (Wildman–Crippen LogP) is 4.62. The lowest BCUT2D eigenvalue weighted by Crippen LogP contribution is -2.33. The number of ketones is 1. The molecule has 0 atom stereocenters. The highest BCUT2D eigenvalue weighted by molar-refractivity contribution is 6.41. The van der Waals surface area contributed by atoms with E-state index < -0.39 is 0 Å². The first-order valence-corrected chi connectivity index (χ1v) is 11.2. The first kappa shape index (κ1) is 19.7. The van der Waals surface area contributed by atoms with Crippen molar-refractivity contribution in [3.63, 3.8) is 0 Å². The van der Waals surface area contributed by atoms with E-state index in [9.17, 15) is 9.90 Å². The summed E-state index contributed by atoms with van der Waals surface area (Å²) in [7, 11) is 3.95. The molecular weight excluding hydrogens is 408 g/mol. The molecule has 162 valence electrons. The zero-order valence-corrected chi connectivity index (χ0v) is 19.1. The molecular formula is C29H24N2O2. The summed E-state index contributed by atoms with van der Waals surface area (Å²) < 4.78 is 4.08. The summed E-state index contributed by atoms with van der Waals surface area (Å²) in [5.41, 5.74) is 5.25. The number of fused-ring (bicyclic) bond motifs is 4. The molecule has 1 aromatic heterocycles. The minimum absolute atomic E-state index is 0.172. The Hall–Kier alpha value is -3.92. The van der Waals surface area contributed by atoms with Crippen molar-refractivity contribution >= 4 is 44.4 Å². The average Bonchev–Trinajstić information content (AvgIpc) is 3.23. The maximum Gasteiger partial charge on any atom is 0.210 e. The number of hydrogen-bond acceptors (Lipinski definition) is 2. The van der Waals surface area contributed by atoms with Crippen molar-refractivity contribution in [1.82, 2.24) is 4.57 Å². The van der Waals surface area contributed by atoms with Crippen molar-refractivity contribution in [2.45, 2.75) is 19.3 Å². The number of nitrogens with zero attached hydrogens (tertiary/aromatic N) is 2. The van der Waals surface area contributed by atoms with Crippen molar-refractivity contribution in [2.75, 3.05) is 7.05 Å². The summed E-state index contributed by atoms with van der Waals surface area (Å²) in [6.45, 7) is 4.33. The van der Waals surface area contributed by atoms with Crippen LogP contribution in [0, 0.1) is 0 Å². The Morgan fingerprint density at radius 1 is 0.970 bits per heavy atom. The molecule has 0 radical (unpaired) electrons. The molecule has 3 aromatic carbocycles. The first-order chi connectivity index (χ1) is 15.8. The van der Waals surface area contributed by atoms with E-state index in [1.165, 1.54) is 16.3 Å². The highest BCUT2D eigenvalue weighted by atomic mass is 16.3. The predicted molar refractivity (Wildman–Crippen MR) is 131 cm³/mol. The number of allylic oxidation sites excluding steroid dienone is 3. The van der Waals surface area contributed by atoms with Crippen molar-refractivity contribution in [1.29, 1.82) is 0 Å². The van der Waals surface area contributed by atoms with Gasteiger partial charge in [0.15, 0.2) is 11.5 Å². The molecule has 0 fully saturated rings. The Labute approximate surface area is 192 Å². The second-order valence-electron chi connectivity index (χ2n) is 9.51. The Bertz CT molecular complexity index is 1630. The molecule has 2 heterocycles. The molecule has 1 aliphatic heterocycles. The van der Waals surface area contributed by atoms with Crippen LogP contribution in [-0.4, -0.2) is 27.7 Å². The molecule has 0 amide bonds. The van der Waals surface area contributed by atoms with E-state index in [0.717, 1.165) is 27.9 Å². The molecule has 0 saturated carbocycles. The van der Waals surface area contributed by atoms with Gasteiger partial charge in [0.05, 0.1) is 5.41 Å². The summed E-state index contributed by atoms with van der Waals surface area (Å²) in [5.74, 6) is -0.345. The monoisotopic (exact) mass is 432 g/mol. The van der Waals surface area contributed by atoms with Crippen molar-refractivity contribution in [3.8, 4) is 0 Å². The van der Waals surface area contributed by atoms with Crippen molar-refractivity contribution < 1.29 is 14.5 Å². The molecule has 4 nitrogen and oxygen atoms in total. The molecule has 0 spiro atoms. The molecule has 0 unspecified atom stereocenters. The molecule has 0 N–H and O–H groups in total. The third kappa shape index (κ3) is 2.52. The Kier molecular flexibility index (Phi) is 3.92. The third-order valence-corrected chi connectivity index (χ3v) is 7.29. The van der Waals surface area contributed by atoms with Crippen LogP contribution in [0.5, 0.6) is 0 Å². The highest BCUT2D eigenvalue weighted by Gasteiger charge is 2.45. The molecule has 0 saturated heterocycles. The average molecular weight is 433 g/mol. The van der Waals surface area contributed by atoms with Gasteiger partial charge in [-0.25, -0.2) is 0 Å². The molecule has 2 aliphatic rings. The zero-order valence-electron chi connectivity index (χ0n) is 19.1. The van der Waals surface area contributed by atoms with Gasteiger partial charge in [0.2, 0.25) is 5.69 Å². The molecule has 1 aliphatic carbocycles. The normalized spacial score (nSPS) is 18.5. The fourth-order valence-electron chi connectivity index (χ4n) is 5.62. The van der Waals surface area contributed by atoms with Crippen molar-refractivity contribution in [3.05, 3.63) is 95.4 Å². The SMILES string of the molecule is Cn1cc(C2=C([O-])/C(=C\C3=[N+](C)c4ccc5ccccc5c4C3(C)C)C2=O)c2ccccc21. The summed E-state index contributed by atoms with van der Waals surface area (Å²) in [6, 6.07) is 20.5. The third-order valence-electron chi connectivity index (χ3n) is 7.29. The minimum Gasteiger partial charge on any atom is -0.871 e. The van der Waals surface area contributed by atoms with Gasteiger partial charge in [-0.05, 0) is 36.8 Å². The molecule has 4 aromatic rings. The number of benzene rings is 3. The van der Waals surface area contributed by atoms with Gasteiger partial charge in [-0.1, -0.05) is 48.2 Å². The van der Waals surface area contributed by atoms with E-state index in [2.05, 4.69) is 48.8 Å². The highest BCUT2D eigenvalue weighted by Crippen LogP contribution is 2.45. The first-order valence-electron chi connectivity index (χ1n) is 11.2. The standard InChI is InChI=1S/C29H24N2O2/c1-29(2)24(31(4)23-14-13-17-9-5-6-10-18(17)26(23)29)15-20-27(32)25(28(20)33)21-16-30(3)22-12-8-7-11-19(21)22/h5-16H,1-4H3. The second-order valence-corrected chi connectivity index (χ2v) is 9.51. The van der Waals surface area contributed by atoms with Crippen molar-refractivity contribution in [2.24, 2.45) is 7.05 Å². The molecule has 6 rings (SSSR count). The molecule has 33 heavy (non-hydrogen) atoms. The lowest BCUT2D eigenvalue weighted by Gasteiger charge is -2.30. The number of hydrogen-bond donors (Lipinski definition) is 0. The van der Waals surface area contributed by atoms with E-state index >= 15 is 0 Å². The van der Waals surface area contributed by atoms with Gasteiger partial charge < -0.3 is 9.67 Å². The maximum atomic E-state index is 13.2. The van der Waals surface area contributed by atoms with E-state index in [1.54, 1.807) is 0 Å². The number of rotatable bonds is 2. The largest absolute Gasteiger partial charge is 0.871 e. The minimum atomic E-state index is -0.340. The summed E-state index contributed by atoms with van der Waals surface area (Å²) in [6.07, 6.45) is 3.70. The van der Waals surface area contributed by atoms with Crippen LogP contribution in [0.15, 0.2) is 84.3 Å². The van der Waals surface area contributed by atoms with Crippen LogP contribution in [0.3, 0.4) is 0 Å². The quantitative estimate of drug-likeness (QED) is 0.343. The van der Waals surface area contributed by atoms with Gasteiger partial charge in [-0.3, -0.25) is 4.79 Å². The number of aromatic nitrogens is 1. The summed E-state index contributed by atoms with van der Waals surface area (Å²) in [4.78, 5) is 13.2. The van der Waals surface area contributed by atoms with Crippen LogP contribution in [0.25, 0.3) is 27.2 Å². The van der Waals surface area contributed by atoms with Crippen LogP contribution in [0.4, 0.5) is 5.69 Å². The number of carbonyl (C=O) groups excluding carboxylic acids is 1. The van der Waals surface area contributed by atoms with Crippen LogP contribution in [-0.2, 0) is 17.3 Å². The Morgan fingerprint density at radius 3 is 2.42 bits per heavy atom. The van der Waals surface area contributed by atoms with Crippen LogP contribution >= 0.6 is 0 Å². The van der Waals surface area contributed by atoms with E-state index in [4.69, 9.17) is 0 Å². The van der Waals surface area contributed by atoms with E-state index in [-0.39, 0.29) is 22.5 Å². The fraction of sp³-hybridized carbons (Fsp3) is 0.172. The zero-order chi connectivity index (χ0) is 23.1. The number of para-hydroxylation sites is 1. The second kappa shape index (κ2) is 6.55. The molecule has 0 bridgehead atoms. The Balaban J connectivity index is 1.49. The number of aryl methyl sites for hydroxylation is 1. The van der Waals surface area contributed by atoms with Gasteiger partial charge in [0.25, 0.3) is 0 Å². The van der Waals surface area contributed by atoms with Gasteiger partial charge >= 0.3 is 0 Å². The number of carbonyl (C=O) groups is 1. The van der Waals surface area contributed by atoms with Gasteiger partial charge in [0, 0.05) is 58.6 Å². The van der Waals surface area contributed by atoms with Crippen LogP contribution < -0.4 is 5.11 Å². The van der Waals surface area contributed by atoms with Gasteiger partial charge in [0.1, 0.15) is 7.05 Å².